The van der Waals surface area contributed by atoms with Crippen LogP contribution in [0.15, 0.2) is 42.5 Å². The van der Waals surface area contributed by atoms with Crippen molar-refractivity contribution in [3.8, 4) is 17.6 Å². The Balaban J connectivity index is 1.88. The van der Waals surface area contributed by atoms with Gasteiger partial charge in [0.05, 0.1) is 25.3 Å². The van der Waals surface area contributed by atoms with Gasteiger partial charge in [-0.05, 0) is 74.8 Å². The van der Waals surface area contributed by atoms with E-state index < -0.39 is 0 Å². The molecule has 1 fully saturated rings. The van der Waals surface area contributed by atoms with E-state index in [4.69, 9.17) is 14.7 Å². The Labute approximate surface area is 161 Å². The number of ether oxygens (including phenoxy) is 2. The fourth-order valence-electron chi connectivity index (χ4n) is 3.56. The van der Waals surface area contributed by atoms with Gasteiger partial charge in [0.25, 0.3) is 0 Å². The van der Waals surface area contributed by atoms with E-state index in [1.165, 1.54) is 5.56 Å². The van der Waals surface area contributed by atoms with Crippen LogP contribution in [-0.4, -0.2) is 32.8 Å². The molecule has 0 radical (unpaired) electrons. The van der Waals surface area contributed by atoms with Crippen LogP contribution in [0.5, 0.6) is 11.5 Å². The molecule has 27 heavy (non-hydrogen) atoms. The van der Waals surface area contributed by atoms with Crippen molar-refractivity contribution in [1.29, 1.82) is 5.26 Å². The number of nitrogens with zero attached hydrogens (tertiary/aromatic N) is 2. The van der Waals surface area contributed by atoms with Crippen molar-refractivity contribution >= 4 is 5.69 Å². The van der Waals surface area contributed by atoms with Crippen LogP contribution in [0.1, 0.15) is 30.9 Å². The monoisotopic (exact) mass is 365 g/mol. The summed E-state index contributed by atoms with van der Waals surface area (Å²) in [6.45, 7) is 5.44. The summed E-state index contributed by atoms with van der Waals surface area (Å²) >= 11 is 0. The molecule has 0 atom stereocenters. The molecule has 0 amide bonds. The number of benzene rings is 2. The van der Waals surface area contributed by atoms with Gasteiger partial charge in [0.1, 0.15) is 0 Å². The zero-order chi connectivity index (χ0) is 19.1. The summed E-state index contributed by atoms with van der Waals surface area (Å²) in [6.07, 6.45) is 2.21. The molecule has 0 aromatic heterocycles. The van der Waals surface area contributed by atoms with Crippen molar-refractivity contribution in [2.45, 2.75) is 32.4 Å². The number of hydrogen-bond acceptors (Lipinski definition) is 5. The van der Waals surface area contributed by atoms with Crippen molar-refractivity contribution in [2.75, 3.05) is 31.7 Å². The third kappa shape index (κ3) is 4.72. The first-order chi connectivity index (χ1) is 13.2. The van der Waals surface area contributed by atoms with Crippen molar-refractivity contribution < 1.29 is 9.47 Å². The zero-order valence-electron chi connectivity index (χ0n) is 16.1. The van der Waals surface area contributed by atoms with Crippen LogP contribution in [0, 0.1) is 11.3 Å². The minimum atomic E-state index is 0.469. The smallest absolute Gasteiger partial charge is 0.161 e. The quantitative estimate of drug-likeness (QED) is 0.810. The van der Waals surface area contributed by atoms with Crippen molar-refractivity contribution in [3.63, 3.8) is 0 Å². The summed E-state index contributed by atoms with van der Waals surface area (Å²) < 4.78 is 11.1. The number of hydrogen-bond donors (Lipinski definition) is 1. The van der Waals surface area contributed by atoms with Crippen LogP contribution in [0.25, 0.3) is 0 Å². The molecule has 1 aliphatic rings. The van der Waals surface area contributed by atoms with Gasteiger partial charge in [-0.1, -0.05) is 6.07 Å². The molecule has 1 N–H and O–H groups in total. The first-order valence-electron chi connectivity index (χ1n) is 9.52. The first kappa shape index (κ1) is 19.1. The SMILES string of the molecule is CCOc1cc(CN(c2ccc(C#N)cc2)C2CCNCC2)ccc1OC. The molecular weight excluding hydrogens is 338 g/mol. The Kier molecular flexibility index (Phi) is 6.56. The minimum absolute atomic E-state index is 0.469. The molecule has 142 valence electrons. The third-order valence-electron chi connectivity index (χ3n) is 4.96. The van der Waals surface area contributed by atoms with E-state index in [1.54, 1.807) is 7.11 Å². The van der Waals surface area contributed by atoms with Crippen molar-refractivity contribution in [3.05, 3.63) is 53.6 Å². The molecule has 5 heteroatoms. The molecule has 0 unspecified atom stereocenters. The Morgan fingerprint density at radius 2 is 1.85 bits per heavy atom. The molecule has 2 aromatic carbocycles. The van der Waals surface area contributed by atoms with Gasteiger partial charge in [-0.2, -0.15) is 5.26 Å². The number of nitriles is 1. The molecule has 0 aliphatic carbocycles. The topological polar surface area (TPSA) is 57.5 Å². The van der Waals surface area contributed by atoms with Crippen molar-refractivity contribution in [1.82, 2.24) is 5.32 Å². The lowest BCUT2D eigenvalue weighted by Gasteiger charge is -2.36. The maximum Gasteiger partial charge on any atom is 0.161 e. The molecule has 5 nitrogen and oxygen atoms in total. The van der Waals surface area contributed by atoms with E-state index in [2.05, 4.69) is 28.4 Å². The highest BCUT2D eigenvalue weighted by Gasteiger charge is 2.22. The van der Waals surface area contributed by atoms with Crippen molar-refractivity contribution in [2.24, 2.45) is 0 Å². The Bertz CT molecular complexity index is 777. The van der Waals surface area contributed by atoms with E-state index in [0.717, 1.165) is 49.7 Å². The number of nitrogens with one attached hydrogen (secondary N) is 1. The van der Waals surface area contributed by atoms with E-state index in [0.29, 0.717) is 18.2 Å². The molecule has 2 aromatic rings. The second-order valence-corrected chi connectivity index (χ2v) is 6.69. The van der Waals surface area contributed by atoms with Crippen LogP contribution in [0.4, 0.5) is 5.69 Å². The molecule has 0 bridgehead atoms. The van der Waals surface area contributed by atoms with E-state index in [9.17, 15) is 0 Å². The van der Waals surface area contributed by atoms with Crippen LogP contribution in [0.3, 0.4) is 0 Å². The minimum Gasteiger partial charge on any atom is -0.493 e. The van der Waals surface area contributed by atoms with Gasteiger partial charge in [-0.3, -0.25) is 0 Å². The van der Waals surface area contributed by atoms with Crippen LogP contribution < -0.4 is 19.7 Å². The number of rotatable bonds is 7. The molecule has 1 heterocycles. The average Bonchev–Trinajstić information content (AvgIpc) is 2.73. The van der Waals surface area contributed by atoms with Gasteiger partial charge >= 0.3 is 0 Å². The third-order valence-corrected chi connectivity index (χ3v) is 4.96. The normalized spacial score (nSPS) is 14.4. The summed E-state index contributed by atoms with van der Waals surface area (Å²) in [4.78, 5) is 2.44. The van der Waals surface area contributed by atoms with E-state index >= 15 is 0 Å². The standard InChI is InChI=1S/C22H27N3O2/c1-3-27-22-14-18(6-9-21(22)26-2)16-25(20-10-12-24-13-11-20)19-7-4-17(15-23)5-8-19/h4-9,14,20,24H,3,10-13,16H2,1-2H3. The summed E-state index contributed by atoms with van der Waals surface area (Å²) in [5.41, 5.74) is 3.02. The summed E-state index contributed by atoms with van der Waals surface area (Å²) in [5, 5.41) is 12.5. The predicted molar refractivity (Wildman–Crippen MR) is 107 cm³/mol. The van der Waals surface area contributed by atoms with Gasteiger partial charge in [0.15, 0.2) is 11.5 Å². The lowest BCUT2D eigenvalue weighted by atomic mass is 10.0. The Hall–Kier alpha value is -2.71. The second-order valence-electron chi connectivity index (χ2n) is 6.69. The van der Waals surface area contributed by atoms with Gasteiger partial charge in [0, 0.05) is 18.3 Å². The maximum absolute atomic E-state index is 9.08. The largest absolute Gasteiger partial charge is 0.493 e. The summed E-state index contributed by atoms with van der Waals surface area (Å²) in [5.74, 6) is 1.54. The van der Waals surface area contributed by atoms with Crippen LogP contribution in [0.2, 0.25) is 0 Å². The molecular formula is C22H27N3O2. The van der Waals surface area contributed by atoms with Gasteiger partial charge in [-0.15, -0.1) is 0 Å². The Morgan fingerprint density at radius 1 is 1.11 bits per heavy atom. The fraction of sp³-hybridized carbons (Fsp3) is 0.409. The highest BCUT2D eigenvalue weighted by molar-refractivity contribution is 5.52. The van der Waals surface area contributed by atoms with E-state index in [-0.39, 0.29) is 0 Å². The van der Waals surface area contributed by atoms with Crippen LogP contribution in [-0.2, 0) is 6.54 Å². The maximum atomic E-state index is 9.08. The predicted octanol–water partition coefficient (Wildman–Crippen LogP) is 3.72. The summed E-state index contributed by atoms with van der Waals surface area (Å²) in [6, 6.07) is 16.7. The molecule has 3 rings (SSSR count). The molecule has 0 saturated carbocycles. The zero-order valence-corrected chi connectivity index (χ0v) is 16.1. The number of piperidine rings is 1. The number of methoxy groups -OCH3 is 1. The van der Waals surface area contributed by atoms with Crippen LogP contribution >= 0.6 is 0 Å². The van der Waals surface area contributed by atoms with Gasteiger partial charge in [0.2, 0.25) is 0 Å². The highest BCUT2D eigenvalue weighted by atomic mass is 16.5. The number of anilines is 1. The average molecular weight is 365 g/mol. The molecule has 1 saturated heterocycles. The molecule has 0 spiro atoms. The fourth-order valence-corrected chi connectivity index (χ4v) is 3.56. The Morgan fingerprint density at radius 3 is 2.48 bits per heavy atom. The lowest BCUT2D eigenvalue weighted by molar-refractivity contribution is 0.310. The lowest BCUT2D eigenvalue weighted by Crippen LogP contribution is -2.43. The van der Waals surface area contributed by atoms with Gasteiger partial charge < -0.3 is 19.7 Å². The summed E-state index contributed by atoms with van der Waals surface area (Å²) in [7, 11) is 1.66. The first-order valence-corrected chi connectivity index (χ1v) is 9.52. The molecule has 1 aliphatic heterocycles. The highest BCUT2D eigenvalue weighted by Crippen LogP contribution is 2.31. The van der Waals surface area contributed by atoms with Gasteiger partial charge in [-0.25, -0.2) is 0 Å². The second kappa shape index (κ2) is 9.29. The van der Waals surface area contributed by atoms with E-state index in [1.807, 2.05) is 37.3 Å².